The first kappa shape index (κ1) is 14.6. The SMILES string of the molecule is OC1(c2ccc(Cl)cc2)c2ccccc2-c2nc3ccccc3nc21. The first-order valence-corrected chi connectivity index (χ1v) is 8.41. The molecule has 0 radical (unpaired) electrons. The molecule has 120 valence electrons. The van der Waals surface area contributed by atoms with E-state index in [0.717, 1.165) is 33.4 Å². The van der Waals surface area contributed by atoms with Crippen LogP contribution in [0.4, 0.5) is 0 Å². The lowest BCUT2D eigenvalue weighted by Gasteiger charge is -2.25. The van der Waals surface area contributed by atoms with Crippen LogP contribution in [0.15, 0.2) is 72.8 Å². The van der Waals surface area contributed by atoms with Gasteiger partial charge in [0, 0.05) is 16.1 Å². The van der Waals surface area contributed by atoms with E-state index in [4.69, 9.17) is 21.6 Å². The normalized spacial score (nSPS) is 18.2. The van der Waals surface area contributed by atoms with E-state index in [1.807, 2.05) is 60.7 Å². The van der Waals surface area contributed by atoms with E-state index in [-0.39, 0.29) is 0 Å². The third-order valence-electron chi connectivity index (χ3n) is 4.75. The van der Waals surface area contributed by atoms with Gasteiger partial charge in [-0.3, -0.25) is 0 Å². The summed E-state index contributed by atoms with van der Waals surface area (Å²) in [5, 5.41) is 12.4. The Kier molecular flexibility index (Phi) is 2.99. The molecular weight excluding hydrogens is 332 g/mol. The van der Waals surface area contributed by atoms with Crippen molar-refractivity contribution < 1.29 is 5.11 Å². The predicted molar refractivity (Wildman–Crippen MR) is 98.5 cm³/mol. The van der Waals surface area contributed by atoms with Crippen LogP contribution >= 0.6 is 11.6 Å². The first-order chi connectivity index (χ1) is 12.2. The van der Waals surface area contributed by atoms with Crippen molar-refractivity contribution in [3.8, 4) is 11.3 Å². The Bertz CT molecular complexity index is 1120. The summed E-state index contributed by atoms with van der Waals surface area (Å²) in [5.41, 5.74) is 3.97. The molecule has 4 heteroatoms. The molecule has 1 aliphatic carbocycles. The molecule has 0 aliphatic heterocycles. The number of benzene rings is 3. The fourth-order valence-corrected chi connectivity index (χ4v) is 3.68. The van der Waals surface area contributed by atoms with Crippen molar-refractivity contribution in [2.45, 2.75) is 5.60 Å². The molecule has 1 unspecified atom stereocenters. The van der Waals surface area contributed by atoms with E-state index in [1.54, 1.807) is 12.1 Å². The zero-order valence-corrected chi connectivity index (χ0v) is 13.9. The number of hydrogen-bond acceptors (Lipinski definition) is 3. The molecule has 0 spiro atoms. The molecule has 1 N–H and O–H groups in total. The van der Waals surface area contributed by atoms with Crippen molar-refractivity contribution in [3.63, 3.8) is 0 Å². The Morgan fingerprint density at radius 1 is 0.760 bits per heavy atom. The van der Waals surface area contributed by atoms with Crippen molar-refractivity contribution >= 4 is 22.6 Å². The van der Waals surface area contributed by atoms with Gasteiger partial charge in [0.2, 0.25) is 0 Å². The van der Waals surface area contributed by atoms with E-state index >= 15 is 0 Å². The highest BCUT2D eigenvalue weighted by Crippen LogP contribution is 2.49. The molecule has 0 saturated heterocycles. The van der Waals surface area contributed by atoms with Crippen LogP contribution in [0.3, 0.4) is 0 Å². The van der Waals surface area contributed by atoms with Gasteiger partial charge >= 0.3 is 0 Å². The number of fused-ring (bicyclic) bond motifs is 4. The Balaban J connectivity index is 1.89. The Labute approximate surface area is 149 Å². The van der Waals surface area contributed by atoms with Crippen LogP contribution in [0.5, 0.6) is 0 Å². The fraction of sp³-hybridized carbons (Fsp3) is 0.0476. The number of rotatable bonds is 1. The lowest BCUT2D eigenvalue weighted by molar-refractivity contribution is 0.126. The molecule has 1 aromatic heterocycles. The average molecular weight is 345 g/mol. The molecule has 1 atom stereocenters. The van der Waals surface area contributed by atoms with Gasteiger partial charge in [0.15, 0.2) is 5.60 Å². The zero-order chi connectivity index (χ0) is 17.0. The van der Waals surface area contributed by atoms with Crippen LogP contribution in [-0.4, -0.2) is 15.1 Å². The third kappa shape index (κ3) is 1.97. The van der Waals surface area contributed by atoms with Gasteiger partial charge in [0.1, 0.15) is 5.69 Å². The molecule has 0 saturated carbocycles. The van der Waals surface area contributed by atoms with E-state index in [9.17, 15) is 5.11 Å². The summed E-state index contributed by atoms with van der Waals surface area (Å²) >= 11 is 6.03. The molecule has 3 aromatic carbocycles. The number of halogens is 1. The molecule has 0 bridgehead atoms. The van der Waals surface area contributed by atoms with Crippen LogP contribution in [0.1, 0.15) is 16.8 Å². The van der Waals surface area contributed by atoms with E-state index < -0.39 is 5.60 Å². The molecule has 4 aromatic rings. The number of para-hydroxylation sites is 2. The number of hydrogen-bond donors (Lipinski definition) is 1. The smallest absolute Gasteiger partial charge is 0.160 e. The molecule has 1 aliphatic rings. The van der Waals surface area contributed by atoms with Gasteiger partial charge in [-0.15, -0.1) is 0 Å². The summed E-state index contributed by atoms with van der Waals surface area (Å²) in [6.07, 6.45) is 0. The van der Waals surface area contributed by atoms with Crippen molar-refractivity contribution in [2.24, 2.45) is 0 Å². The van der Waals surface area contributed by atoms with Gasteiger partial charge in [-0.2, -0.15) is 0 Å². The minimum Gasteiger partial charge on any atom is -0.374 e. The maximum absolute atomic E-state index is 11.8. The topological polar surface area (TPSA) is 46.0 Å². The number of aliphatic hydroxyl groups is 1. The van der Waals surface area contributed by atoms with Crippen LogP contribution in [0.25, 0.3) is 22.3 Å². The highest BCUT2D eigenvalue weighted by molar-refractivity contribution is 6.30. The zero-order valence-electron chi connectivity index (χ0n) is 13.1. The van der Waals surface area contributed by atoms with Crippen molar-refractivity contribution in [3.05, 3.63) is 94.6 Å². The van der Waals surface area contributed by atoms with Gasteiger partial charge in [-0.1, -0.05) is 60.1 Å². The van der Waals surface area contributed by atoms with Gasteiger partial charge in [-0.25, -0.2) is 9.97 Å². The number of nitrogens with zero attached hydrogens (tertiary/aromatic N) is 2. The van der Waals surface area contributed by atoms with E-state index in [0.29, 0.717) is 10.7 Å². The summed E-state index contributed by atoms with van der Waals surface area (Å²) in [7, 11) is 0. The van der Waals surface area contributed by atoms with Crippen LogP contribution in [0, 0.1) is 0 Å². The minimum absolute atomic E-state index is 0.565. The Hall–Kier alpha value is -2.75. The summed E-state index contributed by atoms with van der Waals surface area (Å²) < 4.78 is 0. The maximum Gasteiger partial charge on any atom is 0.160 e. The second-order valence-corrected chi connectivity index (χ2v) is 6.61. The quantitative estimate of drug-likeness (QED) is 0.551. The molecule has 0 fully saturated rings. The van der Waals surface area contributed by atoms with Crippen molar-refractivity contribution in [1.29, 1.82) is 0 Å². The standard InChI is InChI=1S/C21H13ClN2O/c22-14-11-9-13(10-12-14)21(25)16-6-2-1-5-15(16)19-20(21)24-18-8-4-3-7-17(18)23-19/h1-12,25H. The molecule has 0 amide bonds. The first-order valence-electron chi connectivity index (χ1n) is 8.03. The predicted octanol–water partition coefficient (Wildman–Crippen LogP) is 4.55. The van der Waals surface area contributed by atoms with Gasteiger partial charge in [0.25, 0.3) is 0 Å². The molecule has 5 rings (SSSR count). The minimum atomic E-state index is -1.34. The summed E-state index contributed by atoms with van der Waals surface area (Å²) in [6.45, 7) is 0. The summed E-state index contributed by atoms with van der Waals surface area (Å²) in [6, 6.07) is 22.7. The van der Waals surface area contributed by atoms with Gasteiger partial charge < -0.3 is 5.11 Å². The van der Waals surface area contributed by atoms with E-state index in [2.05, 4.69) is 0 Å². The van der Waals surface area contributed by atoms with Crippen LogP contribution in [-0.2, 0) is 5.60 Å². The lowest BCUT2D eigenvalue weighted by atomic mass is 9.87. The second kappa shape index (κ2) is 5.12. The maximum atomic E-state index is 11.8. The molecule has 1 heterocycles. The largest absolute Gasteiger partial charge is 0.374 e. The van der Waals surface area contributed by atoms with E-state index in [1.165, 1.54) is 0 Å². The van der Waals surface area contributed by atoms with Crippen LogP contribution < -0.4 is 0 Å². The average Bonchev–Trinajstić information content (AvgIpc) is 2.90. The highest BCUT2D eigenvalue weighted by Gasteiger charge is 2.45. The van der Waals surface area contributed by atoms with Crippen molar-refractivity contribution in [2.75, 3.05) is 0 Å². The molecular formula is C21H13ClN2O. The second-order valence-electron chi connectivity index (χ2n) is 6.17. The lowest BCUT2D eigenvalue weighted by Crippen LogP contribution is -2.27. The fourth-order valence-electron chi connectivity index (χ4n) is 3.56. The molecule has 3 nitrogen and oxygen atoms in total. The highest BCUT2D eigenvalue weighted by atomic mass is 35.5. The molecule has 25 heavy (non-hydrogen) atoms. The van der Waals surface area contributed by atoms with Gasteiger partial charge in [0.05, 0.1) is 16.7 Å². The Morgan fingerprint density at radius 3 is 2.16 bits per heavy atom. The number of aromatic nitrogens is 2. The summed E-state index contributed by atoms with van der Waals surface area (Å²) in [4.78, 5) is 9.56. The van der Waals surface area contributed by atoms with Gasteiger partial charge in [-0.05, 0) is 29.8 Å². The Morgan fingerprint density at radius 2 is 1.40 bits per heavy atom. The summed E-state index contributed by atoms with van der Waals surface area (Å²) in [5.74, 6) is 0. The monoisotopic (exact) mass is 344 g/mol. The van der Waals surface area contributed by atoms with Crippen LogP contribution in [0.2, 0.25) is 5.02 Å². The third-order valence-corrected chi connectivity index (χ3v) is 5.00. The van der Waals surface area contributed by atoms with Crippen molar-refractivity contribution in [1.82, 2.24) is 9.97 Å².